The summed E-state index contributed by atoms with van der Waals surface area (Å²) in [7, 11) is 1.34. The van der Waals surface area contributed by atoms with E-state index in [0.717, 1.165) is 36.1 Å². The van der Waals surface area contributed by atoms with Crippen LogP contribution in [-0.4, -0.2) is 23.8 Å². The molecule has 36 heavy (non-hydrogen) atoms. The number of Topliss-reactive ketones (excluding diaryl/α,β-unsaturated/α-hetero) is 1. The Balaban J connectivity index is 1.77. The molecule has 0 bridgehead atoms. The molecule has 0 saturated carbocycles. The summed E-state index contributed by atoms with van der Waals surface area (Å²) in [6.45, 7) is 0. The smallest absolute Gasteiger partial charge is 0.341 e. The number of hydrogen-bond acceptors (Lipinski definition) is 9. The largest absolute Gasteiger partial charge is 0.465 e. The van der Waals surface area contributed by atoms with Crippen molar-refractivity contribution in [3.63, 3.8) is 0 Å². The summed E-state index contributed by atoms with van der Waals surface area (Å²) in [5.74, 6) is -1.28. The van der Waals surface area contributed by atoms with E-state index >= 15 is 0 Å². The van der Waals surface area contributed by atoms with Crippen LogP contribution in [0.15, 0.2) is 46.9 Å². The number of non-ortho nitro benzene ring substituents is 1. The highest BCUT2D eigenvalue weighted by molar-refractivity contribution is 7.16. The Hall–Kier alpha value is -3.97. The Labute approximate surface area is 211 Å². The molecule has 2 aliphatic carbocycles. The summed E-state index contributed by atoms with van der Waals surface area (Å²) >= 11 is 1.46. The van der Waals surface area contributed by atoms with Crippen LogP contribution in [0.3, 0.4) is 0 Å². The maximum absolute atomic E-state index is 13.4. The van der Waals surface area contributed by atoms with E-state index in [2.05, 4.69) is 6.07 Å². The fourth-order valence-electron chi connectivity index (χ4n) is 5.49. The van der Waals surface area contributed by atoms with Gasteiger partial charge in [0.15, 0.2) is 5.78 Å². The number of fused-ring (bicyclic) bond motifs is 1. The number of hydrogen-bond donors (Lipinski definition) is 1. The van der Waals surface area contributed by atoms with Crippen molar-refractivity contribution in [3.05, 3.63) is 78.6 Å². The fourth-order valence-corrected chi connectivity index (χ4v) is 6.91. The van der Waals surface area contributed by atoms with Gasteiger partial charge < -0.3 is 10.5 Å². The van der Waals surface area contributed by atoms with E-state index in [0.29, 0.717) is 46.7 Å². The van der Waals surface area contributed by atoms with Gasteiger partial charge in [0.1, 0.15) is 10.8 Å². The van der Waals surface area contributed by atoms with Crippen molar-refractivity contribution in [2.24, 2.45) is 5.73 Å². The number of ether oxygens (including phenoxy) is 1. The molecule has 10 heteroatoms. The van der Waals surface area contributed by atoms with Crippen LogP contribution in [0.4, 0.5) is 10.7 Å². The zero-order valence-electron chi connectivity index (χ0n) is 19.7. The SMILES string of the molecule is COC(=O)c1c(N2C(N)=C(C#N)C(c3cccc([N+](=O)[O-])c3)C3=C2CCCC3=O)sc2c1CCCC2. The van der Waals surface area contributed by atoms with Gasteiger partial charge in [0.25, 0.3) is 5.69 Å². The Morgan fingerprint density at radius 1 is 1.25 bits per heavy atom. The molecule has 2 heterocycles. The van der Waals surface area contributed by atoms with Crippen molar-refractivity contribution >= 4 is 33.8 Å². The zero-order valence-corrected chi connectivity index (χ0v) is 20.5. The predicted molar refractivity (Wildman–Crippen MR) is 133 cm³/mol. The number of methoxy groups -OCH3 is 1. The molecule has 0 radical (unpaired) electrons. The van der Waals surface area contributed by atoms with Gasteiger partial charge in [-0.25, -0.2) is 4.79 Å². The first kappa shape index (κ1) is 23.8. The minimum atomic E-state index is -0.815. The Bertz CT molecular complexity index is 1410. The number of carbonyl (C=O) groups excluding carboxylic acids is 2. The summed E-state index contributed by atoms with van der Waals surface area (Å²) in [5.41, 5.74) is 9.58. The van der Waals surface area contributed by atoms with Crippen LogP contribution in [0, 0.1) is 21.4 Å². The third kappa shape index (κ3) is 3.67. The number of nitrogens with two attached hydrogens (primary N) is 1. The van der Waals surface area contributed by atoms with Crippen LogP contribution >= 0.6 is 11.3 Å². The highest BCUT2D eigenvalue weighted by Gasteiger charge is 2.43. The van der Waals surface area contributed by atoms with Crippen molar-refractivity contribution in [1.29, 1.82) is 5.26 Å². The summed E-state index contributed by atoms with van der Waals surface area (Å²) in [6.07, 6.45) is 5.00. The summed E-state index contributed by atoms with van der Waals surface area (Å²) in [4.78, 5) is 40.1. The Morgan fingerprint density at radius 2 is 2.03 bits per heavy atom. The number of ketones is 1. The molecule has 1 aromatic carbocycles. The maximum atomic E-state index is 13.4. The number of nitriles is 1. The molecule has 9 nitrogen and oxygen atoms in total. The molecule has 1 atom stereocenters. The predicted octanol–water partition coefficient (Wildman–Crippen LogP) is 4.63. The van der Waals surface area contributed by atoms with Gasteiger partial charge in [0, 0.05) is 34.7 Å². The average Bonchev–Trinajstić information content (AvgIpc) is 3.26. The van der Waals surface area contributed by atoms with Gasteiger partial charge in [-0.2, -0.15) is 5.26 Å². The fraction of sp³-hybridized carbons (Fsp3) is 0.346. The molecular weight excluding hydrogens is 480 g/mol. The van der Waals surface area contributed by atoms with Crippen molar-refractivity contribution in [2.75, 3.05) is 12.0 Å². The molecule has 0 saturated heterocycles. The van der Waals surface area contributed by atoms with Gasteiger partial charge in [0.2, 0.25) is 0 Å². The molecule has 184 valence electrons. The summed E-state index contributed by atoms with van der Waals surface area (Å²) in [5, 5.41) is 22.2. The second-order valence-electron chi connectivity index (χ2n) is 9.05. The van der Waals surface area contributed by atoms with Crippen molar-refractivity contribution in [2.45, 2.75) is 50.9 Å². The van der Waals surface area contributed by atoms with E-state index in [9.17, 15) is 25.0 Å². The molecule has 2 N–H and O–H groups in total. The van der Waals surface area contributed by atoms with Crippen LogP contribution in [0.1, 0.15) is 64.4 Å². The third-order valence-electron chi connectivity index (χ3n) is 7.07. The lowest BCUT2D eigenvalue weighted by Crippen LogP contribution is -2.39. The van der Waals surface area contributed by atoms with Crippen molar-refractivity contribution in [1.82, 2.24) is 0 Å². The number of nitrogens with zero attached hydrogens (tertiary/aromatic N) is 3. The van der Waals surface area contributed by atoms with Gasteiger partial charge in [-0.3, -0.25) is 19.8 Å². The normalized spacial score (nSPS) is 19.5. The lowest BCUT2D eigenvalue weighted by atomic mass is 9.75. The van der Waals surface area contributed by atoms with Crippen LogP contribution in [0.5, 0.6) is 0 Å². The van der Waals surface area contributed by atoms with Gasteiger partial charge >= 0.3 is 5.97 Å². The molecule has 5 rings (SSSR count). The first-order chi connectivity index (χ1) is 17.4. The second-order valence-corrected chi connectivity index (χ2v) is 10.1. The number of esters is 1. The second kappa shape index (κ2) is 9.24. The molecule has 3 aliphatic rings. The Kier molecular flexibility index (Phi) is 6.10. The number of aryl methyl sites for hydroxylation is 1. The lowest BCUT2D eigenvalue weighted by Gasteiger charge is -2.39. The van der Waals surface area contributed by atoms with Gasteiger partial charge in [-0.15, -0.1) is 11.3 Å². The monoisotopic (exact) mass is 504 g/mol. The molecule has 0 amide bonds. The zero-order chi connectivity index (χ0) is 25.6. The maximum Gasteiger partial charge on any atom is 0.341 e. The van der Waals surface area contributed by atoms with E-state index < -0.39 is 16.8 Å². The van der Waals surface area contributed by atoms with Crippen molar-refractivity contribution in [3.8, 4) is 6.07 Å². The van der Waals surface area contributed by atoms with E-state index in [1.165, 1.54) is 30.6 Å². The molecule has 1 aliphatic heterocycles. The lowest BCUT2D eigenvalue weighted by molar-refractivity contribution is -0.384. The molecule has 1 unspecified atom stereocenters. The standard InChI is InChI=1S/C26H24N4O5S/c1-35-26(32)22-16-8-2-3-11-20(16)36-25(22)29-18-9-5-10-19(31)23(18)21(17(13-27)24(29)28)14-6-4-7-15(12-14)30(33)34/h4,6-7,12,21H,2-3,5,8-11,28H2,1H3. The molecule has 1 aromatic heterocycles. The number of allylic oxidation sites excluding steroid dienone is 3. The Morgan fingerprint density at radius 3 is 2.75 bits per heavy atom. The minimum absolute atomic E-state index is 0.126. The van der Waals surface area contributed by atoms with Crippen LogP contribution < -0.4 is 10.6 Å². The van der Waals surface area contributed by atoms with Crippen LogP contribution in [0.25, 0.3) is 0 Å². The number of carbonyl (C=O) groups is 2. The number of thiophene rings is 1. The van der Waals surface area contributed by atoms with Gasteiger partial charge in [-0.05, 0) is 49.7 Å². The first-order valence-corrected chi connectivity index (χ1v) is 12.6. The number of nitro groups is 1. The van der Waals surface area contributed by atoms with E-state index in [-0.39, 0.29) is 22.9 Å². The molecule has 0 fully saturated rings. The van der Waals surface area contributed by atoms with E-state index in [4.69, 9.17) is 10.5 Å². The number of anilines is 1. The van der Waals surface area contributed by atoms with Crippen LogP contribution in [-0.2, 0) is 22.4 Å². The third-order valence-corrected chi connectivity index (χ3v) is 8.35. The highest BCUT2D eigenvalue weighted by Crippen LogP contribution is 2.50. The minimum Gasteiger partial charge on any atom is -0.465 e. The summed E-state index contributed by atoms with van der Waals surface area (Å²) in [6, 6.07) is 8.15. The van der Waals surface area contributed by atoms with Gasteiger partial charge in [-0.1, -0.05) is 12.1 Å². The molecule has 0 spiro atoms. The first-order valence-electron chi connectivity index (χ1n) is 11.8. The van der Waals surface area contributed by atoms with E-state index in [1.807, 2.05) is 0 Å². The topological polar surface area (TPSA) is 140 Å². The summed E-state index contributed by atoms with van der Waals surface area (Å²) < 4.78 is 5.14. The highest BCUT2D eigenvalue weighted by atomic mass is 32.1. The number of rotatable bonds is 4. The van der Waals surface area contributed by atoms with Crippen molar-refractivity contribution < 1.29 is 19.2 Å². The molecule has 2 aromatic rings. The van der Waals surface area contributed by atoms with E-state index in [1.54, 1.807) is 17.0 Å². The number of benzene rings is 1. The number of nitro benzene ring substituents is 1. The quantitative estimate of drug-likeness (QED) is 0.361. The average molecular weight is 505 g/mol. The van der Waals surface area contributed by atoms with Crippen LogP contribution in [0.2, 0.25) is 0 Å². The molecular formula is C26H24N4O5S. The van der Waals surface area contributed by atoms with Gasteiger partial charge in [0.05, 0.1) is 35.2 Å².